The van der Waals surface area contributed by atoms with E-state index in [2.05, 4.69) is 162 Å². The van der Waals surface area contributed by atoms with Gasteiger partial charge in [0.25, 0.3) is 5.92 Å². The Morgan fingerprint density at radius 3 is 1.48 bits per heavy atom. The highest BCUT2D eigenvalue weighted by Gasteiger charge is 2.49. The van der Waals surface area contributed by atoms with Crippen LogP contribution in [0.5, 0.6) is 5.75 Å². The van der Waals surface area contributed by atoms with Crippen LogP contribution in [0.4, 0.5) is 22.0 Å². The number of aromatic hydroxyl groups is 1. The molecule has 458 valence electrons. The van der Waals surface area contributed by atoms with Gasteiger partial charge in [-0.3, -0.25) is 0 Å². The SMILES string of the molecule is CCC(C)c1ccc(CC(C)C)cc1.CCC12CC3CC(CC(C3)C1)C2.CCC1CCC(C(C)(C)C)CC1.CCCc1cc(C(C)(F)F)cc(C(F)(F)F)c1.CCc1ccc(O)cc1.CCc1ccc2ccccc2c1.Cc1ccccc1. The number of halogens is 5. The van der Waals surface area contributed by atoms with E-state index < -0.39 is 23.2 Å². The molecule has 0 heterocycles. The van der Waals surface area contributed by atoms with Gasteiger partial charge in [-0.25, -0.2) is 8.78 Å². The molecule has 6 aromatic rings. The van der Waals surface area contributed by atoms with E-state index in [-0.39, 0.29) is 0 Å². The fourth-order valence-corrected chi connectivity index (χ4v) is 13.1. The lowest BCUT2D eigenvalue weighted by molar-refractivity contribution is -0.137. The number of aryl methyl sites for hydroxylation is 4. The molecule has 1 nitrogen and oxygen atoms in total. The summed E-state index contributed by atoms with van der Waals surface area (Å²) < 4.78 is 63.7. The van der Waals surface area contributed by atoms with Crippen molar-refractivity contribution in [1.29, 1.82) is 0 Å². The minimum absolute atomic E-state index is 0.291. The molecule has 5 aliphatic rings. The number of hydrogen-bond donors (Lipinski definition) is 1. The van der Waals surface area contributed by atoms with Crippen LogP contribution in [0.25, 0.3) is 10.8 Å². The lowest BCUT2D eigenvalue weighted by Crippen LogP contribution is -2.45. The smallest absolute Gasteiger partial charge is 0.416 e. The van der Waals surface area contributed by atoms with Crippen LogP contribution in [0.15, 0.2) is 140 Å². The van der Waals surface area contributed by atoms with E-state index in [0.717, 1.165) is 65.9 Å². The average molecular weight is 1150 g/mol. The first kappa shape index (κ1) is 70.5. The molecule has 83 heavy (non-hydrogen) atoms. The second kappa shape index (κ2) is 34.2. The van der Waals surface area contributed by atoms with Gasteiger partial charge in [-0.1, -0.05) is 230 Å². The maximum Gasteiger partial charge on any atom is 0.416 e. The van der Waals surface area contributed by atoms with Gasteiger partial charge in [-0.15, -0.1) is 0 Å². The number of rotatable bonds is 11. The molecule has 1 unspecified atom stereocenters. The lowest BCUT2D eigenvalue weighted by Gasteiger charge is -2.56. The monoisotopic (exact) mass is 1140 g/mol. The van der Waals surface area contributed by atoms with Crippen molar-refractivity contribution in [1.82, 2.24) is 0 Å². The van der Waals surface area contributed by atoms with E-state index >= 15 is 0 Å². The topological polar surface area (TPSA) is 20.2 Å². The van der Waals surface area contributed by atoms with E-state index in [1.54, 1.807) is 57.6 Å². The number of hydrogen-bond acceptors (Lipinski definition) is 1. The van der Waals surface area contributed by atoms with Gasteiger partial charge in [0.1, 0.15) is 5.75 Å². The number of phenols is 1. The zero-order valence-corrected chi connectivity index (χ0v) is 53.9. The normalized spacial score (nSPS) is 20.9. The highest BCUT2D eigenvalue weighted by atomic mass is 19.4. The molecule has 5 fully saturated rings. The molecule has 1 atom stereocenters. The highest BCUT2D eigenvalue weighted by molar-refractivity contribution is 5.83. The molecule has 0 aliphatic heterocycles. The summed E-state index contributed by atoms with van der Waals surface area (Å²) in [5.74, 6) is 4.01. The second-order valence-electron chi connectivity index (χ2n) is 26.7. The standard InChI is InChI=1S/C14H22.C12H13F5.C12H20.C12H12.C12H24.C8H10O.C7H8/c1-5-12(4)14-8-6-13(7-9-14)10-11(2)3;1-3-4-8-5-9(11(2,13)14)7-10(6-8)12(15,16)17;1-2-12-6-9-3-10(7-12)5-11(4-9)8-12;1-2-10-7-8-11-5-3-4-6-12(11)9-10;1-5-10-6-8-11(9-7-10)12(2,3)4;1-2-7-3-5-8(9)6-4-7;1-7-5-3-2-4-6-7/h6-9,11-12H,5,10H2,1-4H3;5-7H,3-4H2,1-2H3;9-11H,2-8H2,1H3;3-9H,2H2,1H3;10-11H,5-9H2,1-4H3;3-6,9H,2H2,1H3;2-6H,1H3. The maximum absolute atomic E-state index is 13.1. The lowest BCUT2D eigenvalue weighted by atomic mass is 9.49. The molecule has 0 amide bonds. The van der Waals surface area contributed by atoms with Crippen molar-refractivity contribution < 1.29 is 27.1 Å². The van der Waals surface area contributed by atoms with Crippen molar-refractivity contribution in [2.24, 2.45) is 46.3 Å². The Labute approximate surface area is 502 Å². The van der Waals surface area contributed by atoms with Gasteiger partial charge >= 0.3 is 6.18 Å². The summed E-state index contributed by atoms with van der Waals surface area (Å²) in [6, 6.07) is 44.3. The van der Waals surface area contributed by atoms with Crippen LogP contribution in [0.1, 0.15) is 230 Å². The second-order valence-corrected chi connectivity index (χ2v) is 26.7. The fraction of sp³-hybridized carbons (Fsp3) is 0.558. The first-order valence-electron chi connectivity index (χ1n) is 32.2. The summed E-state index contributed by atoms with van der Waals surface area (Å²) in [5.41, 5.74) is 7.01. The Morgan fingerprint density at radius 1 is 0.542 bits per heavy atom. The fourth-order valence-electron chi connectivity index (χ4n) is 13.1. The van der Waals surface area contributed by atoms with E-state index in [1.165, 1.54) is 90.0 Å². The highest BCUT2D eigenvalue weighted by Crippen LogP contribution is 2.61. The van der Waals surface area contributed by atoms with Crippen LogP contribution in [-0.4, -0.2) is 5.11 Å². The van der Waals surface area contributed by atoms with Crippen LogP contribution in [-0.2, 0) is 37.8 Å². The van der Waals surface area contributed by atoms with E-state index in [9.17, 15) is 22.0 Å². The predicted molar refractivity (Wildman–Crippen MR) is 347 cm³/mol. The molecule has 1 N–H and O–H groups in total. The predicted octanol–water partition coefficient (Wildman–Crippen LogP) is 24.4. The van der Waals surface area contributed by atoms with Crippen LogP contribution in [0, 0.1) is 53.3 Å². The van der Waals surface area contributed by atoms with Crippen LogP contribution in [0.2, 0.25) is 0 Å². The summed E-state index contributed by atoms with van der Waals surface area (Å²) in [6.07, 6.45) is 19.3. The molecule has 0 radical (unpaired) electrons. The Bertz CT molecular complexity index is 2630. The van der Waals surface area contributed by atoms with E-state index in [1.807, 2.05) is 30.3 Å². The van der Waals surface area contributed by atoms with Gasteiger partial charge in [0.05, 0.1) is 5.56 Å². The molecule has 4 bridgehead atoms. The van der Waals surface area contributed by atoms with Gasteiger partial charge in [-0.2, -0.15) is 13.2 Å². The summed E-state index contributed by atoms with van der Waals surface area (Å²) in [6.45, 7) is 29.7. The van der Waals surface area contributed by atoms with Crippen LogP contribution >= 0.6 is 0 Å². The largest absolute Gasteiger partial charge is 0.508 e. The van der Waals surface area contributed by atoms with Crippen molar-refractivity contribution in [2.75, 3.05) is 0 Å². The minimum atomic E-state index is -4.59. The Balaban J connectivity index is 0.000000210. The van der Waals surface area contributed by atoms with Crippen molar-refractivity contribution in [3.8, 4) is 5.75 Å². The molecule has 6 heteroatoms. The molecular weight excluding hydrogens is 1040 g/mol. The van der Waals surface area contributed by atoms with Crippen molar-refractivity contribution >= 4 is 10.8 Å². The first-order valence-corrected chi connectivity index (χ1v) is 32.2. The molecule has 0 aromatic heterocycles. The number of fused-ring (bicyclic) bond motifs is 1. The number of phenolic OH excluding ortho intramolecular Hbond substituents is 1. The van der Waals surface area contributed by atoms with Crippen LogP contribution < -0.4 is 0 Å². The van der Waals surface area contributed by atoms with Gasteiger partial charge in [-0.05, 0) is 212 Å². The van der Waals surface area contributed by atoms with E-state index in [4.69, 9.17) is 5.11 Å². The van der Waals surface area contributed by atoms with Gasteiger partial charge < -0.3 is 5.11 Å². The van der Waals surface area contributed by atoms with Crippen molar-refractivity contribution in [3.63, 3.8) is 0 Å². The zero-order valence-electron chi connectivity index (χ0n) is 53.9. The summed E-state index contributed by atoms with van der Waals surface area (Å²) >= 11 is 0. The average Bonchev–Trinajstić information content (AvgIpc) is 3.00. The van der Waals surface area contributed by atoms with Gasteiger partial charge in [0, 0.05) is 12.5 Å². The zero-order chi connectivity index (χ0) is 61.4. The maximum atomic E-state index is 13.1. The molecule has 11 rings (SSSR count). The van der Waals surface area contributed by atoms with Crippen molar-refractivity contribution in [3.05, 3.63) is 184 Å². The quantitative estimate of drug-likeness (QED) is 0.128. The summed E-state index contributed by atoms with van der Waals surface area (Å²) in [5, 5.41) is 11.5. The first-order chi connectivity index (χ1) is 39.2. The van der Waals surface area contributed by atoms with Gasteiger partial charge in [0.2, 0.25) is 0 Å². The third-order valence-electron chi connectivity index (χ3n) is 18.2. The van der Waals surface area contributed by atoms with Crippen molar-refractivity contribution in [2.45, 2.75) is 231 Å². The molecule has 0 saturated heterocycles. The molecule has 0 spiro atoms. The Morgan fingerprint density at radius 2 is 1.05 bits per heavy atom. The third-order valence-corrected chi connectivity index (χ3v) is 18.2. The number of alkyl halides is 5. The molecule has 6 aromatic carbocycles. The molecular formula is C77H109F5O. The van der Waals surface area contributed by atoms with Gasteiger partial charge in [0.15, 0.2) is 0 Å². The Kier molecular flexibility index (Phi) is 29.1. The summed E-state index contributed by atoms with van der Waals surface area (Å²) in [7, 11) is 0. The molecule has 5 saturated carbocycles. The van der Waals surface area contributed by atoms with E-state index in [0.29, 0.717) is 48.5 Å². The summed E-state index contributed by atoms with van der Waals surface area (Å²) in [4.78, 5) is 0. The Hall–Kier alpha value is -4.97. The minimum Gasteiger partial charge on any atom is -0.508 e. The van der Waals surface area contributed by atoms with Crippen LogP contribution in [0.3, 0.4) is 0 Å². The number of benzene rings is 6. The molecule has 5 aliphatic carbocycles. The third kappa shape index (κ3) is 24.9.